The summed E-state index contributed by atoms with van der Waals surface area (Å²) in [5.41, 5.74) is 1.24. The Morgan fingerprint density at radius 3 is 2.49 bits per heavy atom. The lowest BCUT2D eigenvalue weighted by Crippen LogP contribution is -2.57. The molecule has 0 bridgehead atoms. The van der Waals surface area contributed by atoms with E-state index in [0.717, 1.165) is 0 Å². The van der Waals surface area contributed by atoms with Crippen molar-refractivity contribution in [1.82, 2.24) is 5.32 Å². The van der Waals surface area contributed by atoms with Crippen molar-refractivity contribution in [1.29, 1.82) is 0 Å². The van der Waals surface area contributed by atoms with Crippen LogP contribution in [0.5, 0.6) is 5.75 Å². The second kappa shape index (κ2) is 9.09. The van der Waals surface area contributed by atoms with E-state index in [0.29, 0.717) is 11.3 Å². The first-order chi connectivity index (χ1) is 17.4. The van der Waals surface area contributed by atoms with Gasteiger partial charge in [-0.3, -0.25) is 19.2 Å². The number of Topliss-reactive ketones (excluding diaryl/α,β-unsaturated/α-hetero) is 2. The topological polar surface area (TPSA) is 220 Å². The van der Waals surface area contributed by atoms with Crippen LogP contribution in [0.1, 0.15) is 39.1 Å². The molecule has 196 valence electrons. The van der Waals surface area contributed by atoms with Gasteiger partial charge in [0.25, 0.3) is 11.8 Å². The summed E-state index contributed by atoms with van der Waals surface area (Å²) in [4.78, 5) is 64.4. The van der Waals surface area contributed by atoms with Gasteiger partial charge in [-0.05, 0) is 35.6 Å². The van der Waals surface area contributed by atoms with Crippen molar-refractivity contribution < 1.29 is 39.6 Å². The Kier molecular flexibility index (Phi) is 6.38. The van der Waals surface area contributed by atoms with E-state index in [-0.39, 0.29) is 49.1 Å². The Morgan fingerprint density at radius 1 is 1.24 bits per heavy atom. The van der Waals surface area contributed by atoms with E-state index >= 15 is 0 Å². The van der Waals surface area contributed by atoms with E-state index < -0.39 is 63.6 Å². The van der Waals surface area contributed by atoms with Crippen molar-refractivity contribution in [2.45, 2.75) is 24.9 Å². The second-order valence-electron chi connectivity index (χ2n) is 9.52. The molecule has 1 aromatic carbocycles. The van der Waals surface area contributed by atoms with Crippen LogP contribution in [-0.2, 0) is 16.0 Å². The molecule has 37 heavy (non-hydrogen) atoms. The SMILES string of the molecule is CN(C)c1cc(C(=O)NCCO)c(O)c2c1C[C@H]1C[C@H]3CC(N=O)=C(C(N)=O)C(=O)[C@@]3(O)C(O)=C1C2=O. The van der Waals surface area contributed by atoms with Crippen LogP contribution in [0.4, 0.5) is 5.69 Å². The number of allylic oxidation sites excluding steroid dienone is 2. The highest BCUT2D eigenvalue weighted by atomic mass is 16.3. The first kappa shape index (κ1) is 26.0. The molecule has 0 saturated heterocycles. The number of aliphatic hydroxyl groups is 3. The molecule has 0 aliphatic heterocycles. The zero-order valence-electron chi connectivity index (χ0n) is 20.1. The molecule has 2 amide bonds. The summed E-state index contributed by atoms with van der Waals surface area (Å²) in [5, 5.41) is 47.7. The molecule has 0 aromatic heterocycles. The van der Waals surface area contributed by atoms with E-state index in [1.165, 1.54) is 6.07 Å². The van der Waals surface area contributed by atoms with Gasteiger partial charge in [0.2, 0.25) is 5.78 Å². The number of nitrogens with zero attached hydrogens (tertiary/aromatic N) is 2. The van der Waals surface area contributed by atoms with Crippen LogP contribution in [0.3, 0.4) is 0 Å². The molecule has 3 aliphatic rings. The number of benzene rings is 1. The Bertz CT molecular complexity index is 1330. The molecule has 0 unspecified atom stereocenters. The number of rotatable bonds is 6. The van der Waals surface area contributed by atoms with Crippen molar-refractivity contribution in [2.24, 2.45) is 22.7 Å². The minimum atomic E-state index is -2.70. The number of anilines is 1. The number of amides is 2. The molecule has 0 heterocycles. The van der Waals surface area contributed by atoms with E-state index in [1.807, 2.05) is 0 Å². The van der Waals surface area contributed by atoms with Crippen LogP contribution in [-0.4, -0.2) is 76.7 Å². The van der Waals surface area contributed by atoms with Crippen molar-refractivity contribution in [2.75, 3.05) is 32.1 Å². The summed E-state index contributed by atoms with van der Waals surface area (Å²) in [5.74, 6) is -7.72. The number of aromatic hydroxyl groups is 1. The molecule has 13 nitrogen and oxygen atoms in total. The second-order valence-corrected chi connectivity index (χ2v) is 9.52. The van der Waals surface area contributed by atoms with Gasteiger partial charge < -0.3 is 36.4 Å². The summed E-state index contributed by atoms with van der Waals surface area (Å²) in [6.07, 6.45) is -0.254. The molecule has 3 aliphatic carbocycles. The van der Waals surface area contributed by atoms with E-state index in [4.69, 9.17) is 10.8 Å². The predicted octanol–water partition coefficient (Wildman–Crippen LogP) is -0.423. The highest BCUT2D eigenvalue weighted by Gasteiger charge is 2.60. The number of carbonyl (C=O) groups is 4. The number of phenolic OH excluding ortho intramolecular Hbond substituents is 1. The van der Waals surface area contributed by atoms with E-state index in [2.05, 4.69) is 10.5 Å². The van der Waals surface area contributed by atoms with E-state index in [9.17, 15) is 39.4 Å². The zero-order valence-corrected chi connectivity index (χ0v) is 20.1. The maximum Gasteiger partial charge on any atom is 0.255 e. The Balaban J connectivity index is 1.92. The fourth-order valence-corrected chi connectivity index (χ4v) is 5.59. The lowest BCUT2D eigenvalue weighted by molar-refractivity contribution is -0.143. The maximum atomic E-state index is 13.7. The maximum absolute atomic E-state index is 13.7. The third-order valence-electron chi connectivity index (χ3n) is 7.27. The minimum absolute atomic E-state index is 0.0236. The summed E-state index contributed by atoms with van der Waals surface area (Å²) in [6, 6.07) is 1.41. The lowest BCUT2D eigenvalue weighted by Gasteiger charge is -2.45. The number of nitrogens with two attached hydrogens (primary N) is 1. The molecule has 0 fully saturated rings. The number of carbonyl (C=O) groups excluding carboxylic acids is 4. The number of phenols is 1. The van der Waals surface area contributed by atoms with Gasteiger partial charge in [0.15, 0.2) is 11.4 Å². The summed E-state index contributed by atoms with van der Waals surface area (Å²) in [7, 11) is 3.35. The van der Waals surface area contributed by atoms with Crippen molar-refractivity contribution >= 4 is 29.1 Å². The minimum Gasteiger partial charge on any atom is -0.508 e. The average Bonchev–Trinajstić information content (AvgIpc) is 2.83. The molecule has 4 rings (SSSR count). The van der Waals surface area contributed by atoms with Crippen LogP contribution in [0.2, 0.25) is 0 Å². The fourth-order valence-electron chi connectivity index (χ4n) is 5.59. The quantitative estimate of drug-likeness (QED) is 0.212. The smallest absolute Gasteiger partial charge is 0.255 e. The van der Waals surface area contributed by atoms with Gasteiger partial charge in [-0.25, -0.2) is 0 Å². The molecular formula is C24H26N4O9. The Hall–Kier alpha value is -4.10. The largest absolute Gasteiger partial charge is 0.508 e. The molecule has 0 saturated carbocycles. The average molecular weight is 514 g/mol. The van der Waals surface area contributed by atoms with Crippen LogP contribution >= 0.6 is 0 Å². The zero-order chi connectivity index (χ0) is 27.4. The predicted molar refractivity (Wildman–Crippen MR) is 128 cm³/mol. The summed E-state index contributed by atoms with van der Waals surface area (Å²) >= 11 is 0. The molecular weight excluding hydrogens is 488 g/mol. The van der Waals surface area contributed by atoms with Crippen LogP contribution in [0.15, 0.2) is 33.8 Å². The van der Waals surface area contributed by atoms with Crippen LogP contribution in [0, 0.1) is 16.7 Å². The number of ketones is 2. The molecule has 0 radical (unpaired) electrons. The van der Waals surface area contributed by atoms with Gasteiger partial charge >= 0.3 is 0 Å². The van der Waals surface area contributed by atoms with Gasteiger partial charge in [-0.2, -0.15) is 0 Å². The number of fused-ring (bicyclic) bond motifs is 3. The Morgan fingerprint density at radius 2 is 1.92 bits per heavy atom. The highest BCUT2D eigenvalue weighted by molar-refractivity contribution is 6.25. The third kappa shape index (κ3) is 3.69. The number of aliphatic hydroxyl groups excluding tert-OH is 2. The number of nitrogens with one attached hydrogen (secondary N) is 1. The van der Waals surface area contributed by atoms with Crippen molar-refractivity contribution in [3.05, 3.63) is 50.3 Å². The standard InChI is InChI=1S/C24H26N4O9/c1-28(2)14-8-12(23(35)26-3-4-29)18(30)16-11(14)6-9-5-10-7-13(27-37)17(22(25)34)21(33)24(10,36)20(32)15(9)19(16)31/h8-10,29-30,32,36H,3-7H2,1-2H3,(H2,25,34)(H,26,35)/t9-,10+,24+/m1/s1. The van der Waals surface area contributed by atoms with Gasteiger partial charge in [0.1, 0.15) is 22.8 Å². The molecule has 13 heteroatoms. The molecule has 3 atom stereocenters. The van der Waals surface area contributed by atoms with Gasteiger partial charge in [0.05, 0.1) is 17.7 Å². The molecule has 1 aromatic rings. The monoisotopic (exact) mass is 514 g/mol. The molecule has 7 N–H and O–H groups in total. The van der Waals surface area contributed by atoms with Crippen LogP contribution < -0.4 is 16.0 Å². The van der Waals surface area contributed by atoms with Gasteiger partial charge in [0, 0.05) is 44.2 Å². The van der Waals surface area contributed by atoms with Crippen molar-refractivity contribution in [3.8, 4) is 5.75 Å². The lowest BCUT2D eigenvalue weighted by atomic mass is 9.60. The van der Waals surface area contributed by atoms with E-state index in [1.54, 1.807) is 19.0 Å². The Labute approximate surface area is 210 Å². The number of hydrogen-bond donors (Lipinski definition) is 6. The van der Waals surface area contributed by atoms with Crippen molar-refractivity contribution in [3.63, 3.8) is 0 Å². The molecule has 0 spiro atoms. The van der Waals surface area contributed by atoms with Gasteiger partial charge in [-0.15, -0.1) is 4.91 Å². The third-order valence-corrected chi connectivity index (χ3v) is 7.27. The summed E-state index contributed by atoms with van der Waals surface area (Å²) < 4.78 is 0. The number of hydrogen-bond acceptors (Lipinski definition) is 11. The number of primary amides is 1. The fraction of sp³-hybridized carbons (Fsp3) is 0.417. The summed E-state index contributed by atoms with van der Waals surface area (Å²) in [6.45, 7) is -0.450. The first-order valence-electron chi connectivity index (χ1n) is 11.5. The normalized spacial score (nSPS) is 24.8. The van der Waals surface area contributed by atoms with Crippen LogP contribution in [0.25, 0.3) is 0 Å². The van der Waals surface area contributed by atoms with Gasteiger partial charge in [-0.1, -0.05) is 0 Å². The first-order valence-corrected chi connectivity index (χ1v) is 11.5. The highest BCUT2D eigenvalue weighted by Crippen LogP contribution is 2.53. The number of nitroso groups, excluding NO2 is 1.